The topological polar surface area (TPSA) is 15.3 Å². The van der Waals surface area contributed by atoms with E-state index in [0.717, 1.165) is 13.1 Å². The average molecular weight is 196 g/mol. The molecule has 0 aromatic heterocycles. The highest BCUT2D eigenvalue weighted by Crippen LogP contribution is 2.12. The fourth-order valence-electron chi connectivity index (χ4n) is 1.81. The number of piperazine rings is 1. The van der Waals surface area contributed by atoms with Crippen molar-refractivity contribution < 1.29 is 0 Å². The molecule has 1 saturated heterocycles. The van der Waals surface area contributed by atoms with E-state index in [0.29, 0.717) is 0 Å². The second kappa shape index (κ2) is 6.88. The number of hydrogen-bond acceptors (Lipinski definition) is 2. The van der Waals surface area contributed by atoms with Gasteiger partial charge in [0.2, 0.25) is 0 Å². The van der Waals surface area contributed by atoms with Crippen molar-refractivity contribution in [2.45, 2.75) is 39.5 Å². The minimum absolute atomic E-state index is 1.14. The standard InChI is InChI=1S/C12H24N2/c1-3-5-6-12(4-2)11-14-9-7-13-8-10-14/h11,13H,3-10H2,1-2H3. The summed E-state index contributed by atoms with van der Waals surface area (Å²) < 4.78 is 0. The lowest BCUT2D eigenvalue weighted by Gasteiger charge is -2.27. The Hall–Kier alpha value is -0.500. The van der Waals surface area contributed by atoms with E-state index in [1.807, 2.05) is 0 Å². The quantitative estimate of drug-likeness (QED) is 0.726. The Kier molecular flexibility index (Phi) is 5.69. The van der Waals surface area contributed by atoms with E-state index < -0.39 is 0 Å². The van der Waals surface area contributed by atoms with Crippen LogP contribution < -0.4 is 5.32 Å². The lowest BCUT2D eigenvalue weighted by Crippen LogP contribution is -2.40. The molecule has 1 rings (SSSR count). The summed E-state index contributed by atoms with van der Waals surface area (Å²) in [5.41, 5.74) is 1.62. The minimum atomic E-state index is 1.14. The van der Waals surface area contributed by atoms with E-state index in [4.69, 9.17) is 0 Å². The number of allylic oxidation sites excluding steroid dienone is 1. The predicted molar refractivity (Wildman–Crippen MR) is 62.3 cm³/mol. The molecule has 2 nitrogen and oxygen atoms in total. The molecule has 0 atom stereocenters. The SMILES string of the molecule is CCCCC(=CN1CCNCC1)CC. The molecule has 0 radical (unpaired) electrons. The first-order valence-electron chi connectivity index (χ1n) is 6.01. The Balaban J connectivity index is 2.35. The van der Waals surface area contributed by atoms with E-state index in [1.54, 1.807) is 5.57 Å². The molecule has 1 aliphatic rings. The molecule has 0 amide bonds. The normalized spacial score (nSPS) is 18.7. The van der Waals surface area contributed by atoms with E-state index in [9.17, 15) is 0 Å². The van der Waals surface area contributed by atoms with Gasteiger partial charge in [-0.3, -0.25) is 0 Å². The third-order valence-electron chi connectivity index (χ3n) is 2.82. The first kappa shape index (κ1) is 11.6. The predicted octanol–water partition coefficient (Wildman–Crippen LogP) is 2.38. The molecular formula is C12H24N2. The number of rotatable bonds is 5. The third-order valence-corrected chi connectivity index (χ3v) is 2.82. The van der Waals surface area contributed by atoms with Gasteiger partial charge in [0.25, 0.3) is 0 Å². The van der Waals surface area contributed by atoms with Crippen molar-refractivity contribution in [3.05, 3.63) is 11.8 Å². The van der Waals surface area contributed by atoms with Crippen LogP contribution in [0.25, 0.3) is 0 Å². The van der Waals surface area contributed by atoms with Crippen LogP contribution in [-0.2, 0) is 0 Å². The van der Waals surface area contributed by atoms with Crippen LogP contribution in [0.15, 0.2) is 11.8 Å². The number of nitrogens with one attached hydrogen (secondary N) is 1. The van der Waals surface area contributed by atoms with E-state index in [1.165, 1.54) is 38.8 Å². The molecule has 0 unspecified atom stereocenters. The molecule has 14 heavy (non-hydrogen) atoms. The summed E-state index contributed by atoms with van der Waals surface area (Å²) in [6.07, 6.45) is 7.54. The minimum Gasteiger partial charge on any atom is -0.375 e. The van der Waals surface area contributed by atoms with Gasteiger partial charge < -0.3 is 10.2 Å². The van der Waals surface area contributed by atoms with Crippen molar-refractivity contribution in [1.82, 2.24) is 10.2 Å². The highest BCUT2D eigenvalue weighted by molar-refractivity contribution is 5.01. The Morgan fingerprint density at radius 3 is 2.57 bits per heavy atom. The second-order valence-corrected chi connectivity index (χ2v) is 4.03. The number of unbranched alkanes of at least 4 members (excludes halogenated alkanes) is 1. The number of nitrogens with zero attached hydrogens (tertiary/aromatic N) is 1. The van der Waals surface area contributed by atoms with Gasteiger partial charge in [0.15, 0.2) is 0 Å². The van der Waals surface area contributed by atoms with Crippen molar-refractivity contribution in [3.63, 3.8) is 0 Å². The molecule has 2 heteroatoms. The number of hydrogen-bond donors (Lipinski definition) is 1. The maximum absolute atomic E-state index is 3.38. The molecule has 0 aromatic carbocycles. The molecule has 1 fully saturated rings. The molecule has 0 spiro atoms. The van der Waals surface area contributed by atoms with Crippen LogP contribution in [0.5, 0.6) is 0 Å². The summed E-state index contributed by atoms with van der Waals surface area (Å²) >= 11 is 0. The highest BCUT2D eigenvalue weighted by atomic mass is 15.2. The van der Waals surface area contributed by atoms with Gasteiger partial charge >= 0.3 is 0 Å². The van der Waals surface area contributed by atoms with Gasteiger partial charge in [-0.2, -0.15) is 0 Å². The first-order valence-corrected chi connectivity index (χ1v) is 6.01. The molecule has 1 aliphatic heterocycles. The van der Waals surface area contributed by atoms with Crippen LogP contribution in [0.2, 0.25) is 0 Å². The van der Waals surface area contributed by atoms with Gasteiger partial charge in [0.05, 0.1) is 0 Å². The largest absolute Gasteiger partial charge is 0.375 e. The molecule has 0 aliphatic carbocycles. The van der Waals surface area contributed by atoms with Crippen molar-refractivity contribution in [2.24, 2.45) is 0 Å². The Morgan fingerprint density at radius 1 is 1.29 bits per heavy atom. The summed E-state index contributed by atoms with van der Waals surface area (Å²) in [6.45, 7) is 9.16. The highest BCUT2D eigenvalue weighted by Gasteiger charge is 2.05. The summed E-state index contributed by atoms with van der Waals surface area (Å²) in [5, 5.41) is 3.38. The molecule has 0 saturated carbocycles. The van der Waals surface area contributed by atoms with Gasteiger partial charge in [-0.1, -0.05) is 25.8 Å². The average Bonchev–Trinajstić information content (AvgIpc) is 2.25. The summed E-state index contributed by atoms with van der Waals surface area (Å²) in [4.78, 5) is 2.46. The van der Waals surface area contributed by atoms with Crippen molar-refractivity contribution in [1.29, 1.82) is 0 Å². The van der Waals surface area contributed by atoms with Gasteiger partial charge in [0.1, 0.15) is 0 Å². The zero-order chi connectivity index (χ0) is 10.2. The third kappa shape index (κ3) is 4.14. The molecule has 0 bridgehead atoms. The zero-order valence-corrected chi connectivity index (χ0v) is 9.68. The fourth-order valence-corrected chi connectivity index (χ4v) is 1.81. The second-order valence-electron chi connectivity index (χ2n) is 4.03. The van der Waals surface area contributed by atoms with Gasteiger partial charge in [-0.25, -0.2) is 0 Å². The first-order chi connectivity index (χ1) is 6.86. The molecular weight excluding hydrogens is 172 g/mol. The van der Waals surface area contributed by atoms with E-state index in [-0.39, 0.29) is 0 Å². The summed E-state index contributed by atoms with van der Waals surface area (Å²) in [7, 11) is 0. The summed E-state index contributed by atoms with van der Waals surface area (Å²) in [6, 6.07) is 0. The van der Waals surface area contributed by atoms with Crippen LogP contribution in [0.3, 0.4) is 0 Å². The molecule has 0 aromatic rings. The van der Waals surface area contributed by atoms with Gasteiger partial charge in [0, 0.05) is 26.2 Å². The zero-order valence-electron chi connectivity index (χ0n) is 9.68. The maximum atomic E-state index is 3.38. The maximum Gasteiger partial charge on any atom is 0.0298 e. The van der Waals surface area contributed by atoms with Crippen LogP contribution in [0.1, 0.15) is 39.5 Å². The van der Waals surface area contributed by atoms with Gasteiger partial charge in [-0.05, 0) is 25.5 Å². The lowest BCUT2D eigenvalue weighted by molar-refractivity contribution is 0.320. The van der Waals surface area contributed by atoms with Crippen LogP contribution in [0, 0.1) is 0 Å². The Morgan fingerprint density at radius 2 is 2.00 bits per heavy atom. The smallest absolute Gasteiger partial charge is 0.0298 e. The molecule has 1 N–H and O–H groups in total. The van der Waals surface area contributed by atoms with Crippen LogP contribution >= 0.6 is 0 Å². The van der Waals surface area contributed by atoms with E-state index in [2.05, 4.69) is 30.3 Å². The van der Waals surface area contributed by atoms with Crippen LogP contribution in [-0.4, -0.2) is 31.1 Å². The van der Waals surface area contributed by atoms with Crippen LogP contribution in [0.4, 0.5) is 0 Å². The molecule has 1 heterocycles. The lowest BCUT2D eigenvalue weighted by atomic mass is 10.1. The van der Waals surface area contributed by atoms with E-state index >= 15 is 0 Å². The monoisotopic (exact) mass is 196 g/mol. The fraction of sp³-hybridized carbons (Fsp3) is 0.833. The van der Waals surface area contributed by atoms with Crippen molar-refractivity contribution in [2.75, 3.05) is 26.2 Å². The van der Waals surface area contributed by atoms with Crippen molar-refractivity contribution >= 4 is 0 Å². The molecule has 82 valence electrons. The Bertz CT molecular complexity index is 169. The van der Waals surface area contributed by atoms with Gasteiger partial charge in [-0.15, -0.1) is 0 Å². The Labute approximate surface area is 88.4 Å². The van der Waals surface area contributed by atoms with Crippen molar-refractivity contribution in [3.8, 4) is 0 Å². The summed E-state index contributed by atoms with van der Waals surface area (Å²) in [5.74, 6) is 0.